The molecular formula is C15H20ClN5OS. The zero-order valence-electron chi connectivity index (χ0n) is 13.2. The molecule has 0 radical (unpaired) electrons. The maximum absolute atomic E-state index is 11.1. The van der Waals surface area contributed by atoms with Gasteiger partial charge in [0.15, 0.2) is 5.82 Å². The van der Waals surface area contributed by atoms with Gasteiger partial charge >= 0.3 is 0 Å². The molecular weight excluding hydrogens is 334 g/mol. The van der Waals surface area contributed by atoms with Crippen molar-refractivity contribution in [1.29, 1.82) is 0 Å². The van der Waals surface area contributed by atoms with E-state index in [1.807, 2.05) is 17.3 Å². The fourth-order valence-electron chi connectivity index (χ4n) is 4.10. The molecule has 23 heavy (non-hydrogen) atoms. The summed E-state index contributed by atoms with van der Waals surface area (Å²) in [4.78, 5) is 6.79. The number of halogens is 1. The lowest BCUT2D eigenvalue weighted by Crippen LogP contribution is -2.66. The van der Waals surface area contributed by atoms with E-state index in [0.717, 1.165) is 49.4 Å². The first-order valence-corrected chi connectivity index (χ1v) is 9.05. The van der Waals surface area contributed by atoms with Crippen LogP contribution in [0.25, 0.3) is 5.52 Å². The summed E-state index contributed by atoms with van der Waals surface area (Å²) >= 11 is 6.36. The summed E-state index contributed by atoms with van der Waals surface area (Å²) in [6.07, 6.45) is 3.81. The van der Waals surface area contributed by atoms with Gasteiger partial charge in [-0.15, -0.1) is 0 Å². The monoisotopic (exact) mass is 353 g/mol. The second kappa shape index (κ2) is 5.43. The van der Waals surface area contributed by atoms with Crippen molar-refractivity contribution in [3.63, 3.8) is 0 Å². The summed E-state index contributed by atoms with van der Waals surface area (Å²) in [6, 6.07) is 2.38. The van der Waals surface area contributed by atoms with Crippen LogP contribution in [-0.4, -0.2) is 48.8 Å². The van der Waals surface area contributed by atoms with Gasteiger partial charge in [-0.05, 0) is 31.4 Å². The Kier molecular flexibility index (Phi) is 3.62. The minimum Gasteiger partial charge on any atom is -0.354 e. The fraction of sp³-hybridized carbons (Fsp3) is 0.600. The molecule has 2 aliphatic rings. The Hall–Kier alpha value is -1.18. The van der Waals surface area contributed by atoms with Crippen LogP contribution < -0.4 is 4.90 Å². The molecule has 0 unspecified atom stereocenters. The van der Waals surface area contributed by atoms with Crippen molar-refractivity contribution in [1.82, 2.24) is 18.9 Å². The van der Waals surface area contributed by atoms with Gasteiger partial charge in [0, 0.05) is 31.1 Å². The summed E-state index contributed by atoms with van der Waals surface area (Å²) < 4.78 is 14.9. The summed E-state index contributed by atoms with van der Waals surface area (Å²) in [5.41, 5.74) is 2.46. The molecule has 1 saturated carbocycles. The molecule has 0 amide bonds. The molecule has 2 aromatic heterocycles. The van der Waals surface area contributed by atoms with Crippen LogP contribution in [0.2, 0.25) is 5.15 Å². The predicted molar refractivity (Wildman–Crippen MR) is 92.3 cm³/mol. The zero-order valence-corrected chi connectivity index (χ0v) is 14.9. The van der Waals surface area contributed by atoms with Crippen molar-refractivity contribution >= 4 is 34.8 Å². The molecule has 0 N–H and O–H groups in total. The van der Waals surface area contributed by atoms with Gasteiger partial charge in [0.2, 0.25) is 0 Å². The highest BCUT2D eigenvalue weighted by Crippen LogP contribution is 2.51. The van der Waals surface area contributed by atoms with Crippen LogP contribution in [0.5, 0.6) is 0 Å². The van der Waals surface area contributed by atoms with E-state index >= 15 is 0 Å². The van der Waals surface area contributed by atoms with Gasteiger partial charge in [-0.1, -0.05) is 18.5 Å². The molecule has 8 heteroatoms. The summed E-state index contributed by atoms with van der Waals surface area (Å²) in [5, 5.41) is 4.85. The Labute approximate surface area is 144 Å². The van der Waals surface area contributed by atoms with Crippen molar-refractivity contribution in [2.45, 2.75) is 32.7 Å². The van der Waals surface area contributed by atoms with Gasteiger partial charge in [-0.3, -0.25) is 0 Å². The highest BCUT2D eigenvalue weighted by atomic mass is 35.5. The molecule has 1 aliphatic heterocycles. The van der Waals surface area contributed by atoms with Gasteiger partial charge in [-0.2, -0.15) is 5.10 Å². The summed E-state index contributed by atoms with van der Waals surface area (Å²) in [5.74, 6) is 0.966. The molecule has 124 valence electrons. The quantitative estimate of drug-likeness (QED) is 0.852. The summed E-state index contributed by atoms with van der Waals surface area (Å²) in [6.45, 7) is 6.94. The maximum Gasteiger partial charge on any atom is 0.156 e. The third kappa shape index (κ3) is 2.28. The number of rotatable bonds is 4. The third-order valence-electron chi connectivity index (χ3n) is 5.22. The lowest BCUT2D eigenvalue weighted by atomic mass is 9.60. The van der Waals surface area contributed by atoms with Crippen LogP contribution in [0, 0.1) is 12.3 Å². The molecule has 3 heterocycles. The van der Waals surface area contributed by atoms with Gasteiger partial charge < -0.3 is 4.90 Å². The van der Waals surface area contributed by atoms with Gasteiger partial charge in [0.05, 0.1) is 11.9 Å². The minimum atomic E-state index is 0.149. The van der Waals surface area contributed by atoms with Crippen LogP contribution in [0.15, 0.2) is 12.4 Å². The molecule has 2 aromatic rings. The number of aryl methyl sites for hydroxylation is 1. The predicted octanol–water partition coefficient (Wildman–Crippen LogP) is 1.84. The molecule has 2 fully saturated rings. The number of aromatic nitrogens is 3. The molecule has 6 nitrogen and oxygen atoms in total. The Morgan fingerprint density at radius 3 is 2.87 bits per heavy atom. The van der Waals surface area contributed by atoms with Crippen LogP contribution in [0.4, 0.5) is 5.82 Å². The topological polar surface area (TPSA) is 53.7 Å². The van der Waals surface area contributed by atoms with E-state index < -0.39 is 0 Å². The Bertz CT molecular complexity index is 765. The normalized spacial score (nSPS) is 20.3. The van der Waals surface area contributed by atoms with Crippen LogP contribution in [0.3, 0.4) is 0 Å². The Morgan fingerprint density at radius 1 is 1.48 bits per heavy atom. The van der Waals surface area contributed by atoms with Crippen molar-refractivity contribution in [2.75, 3.05) is 24.5 Å². The molecule has 0 atom stereocenters. The maximum atomic E-state index is 11.1. The van der Waals surface area contributed by atoms with Crippen LogP contribution >= 0.6 is 11.6 Å². The first kappa shape index (κ1) is 15.4. The largest absolute Gasteiger partial charge is 0.354 e. The lowest BCUT2D eigenvalue weighted by molar-refractivity contribution is 0.0176. The molecule has 1 aliphatic carbocycles. The van der Waals surface area contributed by atoms with Gasteiger partial charge in [0.1, 0.15) is 17.0 Å². The second-order valence-corrected chi connectivity index (χ2v) is 7.81. The van der Waals surface area contributed by atoms with E-state index in [0.29, 0.717) is 16.6 Å². The van der Waals surface area contributed by atoms with Crippen LogP contribution in [-0.2, 0) is 11.9 Å². The van der Waals surface area contributed by atoms with E-state index in [-0.39, 0.29) is 11.9 Å². The smallest absolute Gasteiger partial charge is 0.156 e. The van der Waals surface area contributed by atoms with Gasteiger partial charge in [0.25, 0.3) is 0 Å². The average molecular weight is 354 g/mol. The lowest BCUT2D eigenvalue weighted by Gasteiger charge is -2.60. The standard InChI is InChI=1S/C15H20ClN5OS/c1-3-20(23-22)11-5-15(6-11)7-19(8-15)14-13-10(2)4-12(16)21(13)18-9-17-14/h4,9,11,23H,3,5-8H2,1-2H3. The van der Waals surface area contributed by atoms with Crippen molar-refractivity contribution in [3.05, 3.63) is 23.1 Å². The second-order valence-electron chi connectivity index (χ2n) is 6.75. The van der Waals surface area contributed by atoms with Gasteiger partial charge in [-0.25, -0.2) is 18.0 Å². The highest BCUT2D eigenvalue weighted by Gasteiger charge is 2.54. The number of nitrogens with zero attached hydrogens (tertiary/aromatic N) is 5. The van der Waals surface area contributed by atoms with Crippen molar-refractivity contribution in [2.24, 2.45) is 5.41 Å². The molecule has 4 rings (SSSR count). The highest BCUT2D eigenvalue weighted by molar-refractivity contribution is 7.63. The zero-order chi connectivity index (χ0) is 16.2. The van der Waals surface area contributed by atoms with E-state index in [1.165, 1.54) is 0 Å². The van der Waals surface area contributed by atoms with E-state index in [9.17, 15) is 4.21 Å². The minimum absolute atomic E-state index is 0.149. The molecule has 0 aromatic carbocycles. The Morgan fingerprint density at radius 2 is 2.22 bits per heavy atom. The molecule has 1 saturated heterocycles. The van der Waals surface area contributed by atoms with Crippen molar-refractivity contribution in [3.8, 4) is 0 Å². The van der Waals surface area contributed by atoms with Crippen molar-refractivity contribution < 1.29 is 4.21 Å². The molecule has 1 spiro atoms. The summed E-state index contributed by atoms with van der Waals surface area (Å²) in [7, 11) is 0. The Balaban J connectivity index is 1.51. The van der Waals surface area contributed by atoms with E-state index in [2.05, 4.69) is 21.9 Å². The first-order valence-electron chi connectivity index (χ1n) is 7.90. The fourth-order valence-corrected chi connectivity index (χ4v) is 4.80. The number of hydrogen-bond acceptors (Lipinski definition) is 4. The van der Waals surface area contributed by atoms with Crippen LogP contribution in [0.1, 0.15) is 25.3 Å². The number of fused-ring (bicyclic) bond motifs is 1. The first-order chi connectivity index (χ1) is 11.1. The SMILES string of the molecule is CCN([SH]=O)C1CC2(C1)CN(c1ncnn3c(Cl)cc(C)c13)C2. The number of hydrogen-bond donors (Lipinski definition) is 1. The molecule has 0 bridgehead atoms. The number of thiol groups is 1. The average Bonchev–Trinajstić information content (AvgIpc) is 2.76. The third-order valence-corrected chi connectivity index (χ3v) is 6.31. The number of anilines is 1. The van der Waals surface area contributed by atoms with E-state index in [4.69, 9.17) is 11.6 Å². The van der Waals surface area contributed by atoms with E-state index in [1.54, 1.807) is 10.8 Å².